The first kappa shape index (κ1) is 10.6. The molecule has 1 heterocycles. The minimum Gasteiger partial charge on any atom is -0.295 e. The Morgan fingerprint density at radius 2 is 1.88 bits per heavy atom. The molecule has 3 heteroatoms. The molecular weight excluding hydrogens is 200 g/mol. The number of hydrogen-bond acceptors (Lipinski definition) is 2. The van der Waals surface area contributed by atoms with E-state index in [1.54, 1.807) is 11.6 Å². The van der Waals surface area contributed by atoms with E-state index in [1.165, 1.54) is 0 Å². The van der Waals surface area contributed by atoms with Crippen LogP contribution in [0.4, 0.5) is 0 Å². The van der Waals surface area contributed by atoms with Crippen LogP contribution in [0.2, 0.25) is 0 Å². The second kappa shape index (κ2) is 3.93. The zero-order chi connectivity index (χ0) is 11.7. The molecule has 2 aromatic rings. The van der Waals surface area contributed by atoms with Crippen molar-refractivity contribution >= 4 is 5.78 Å². The molecule has 0 spiro atoms. The first-order valence-electron chi connectivity index (χ1n) is 5.19. The van der Waals surface area contributed by atoms with Crippen molar-refractivity contribution in [2.75, 3.05) is 0 Å². The van der Waals surface area contributed by atoms with E-state index in [-0.39, 0.29) is 5.78 Å². The van der Waals surface area contributed by atoms with Crippen LogP contribution in [0.1, 0.15) is 23.0 Å². The monoisotopic (exact) mass is 214 g/mol. The predicted octanol–water partition coefficient (Wildman–Crippen LogP) is 2.60. The molecule has 0 aliphatic heterocycles. The highest BCUT2D eigenvalue weighted by Crippen LogP contribution is 2.22. The lowest BCUT2D eigenvalue weighted by atomic mass is 10.0. The van der Waals surface area contributed by atoms with Crippen molar-refractivity contribution in [2.24, 2.45) is 7.05 Å². The fourth-order valence-electron chi connectivity index (χ4n) is 1.77. The van der Waals surface area contributed by atoms with Crippen molar-refractivity contribution in [3.8, 4) is 11.1 Å². The molecule has 82 valence electrons. The van der Waals surface area contributed by atoms with E-state index in [2.05, 4.69) is 5.10 Å². The van der Waals surface area contributed by atoms with Crippen molar-refractivity contribution in [2.45, 2.75) is 13.8 Å². The molecule has 2 rings (SSSR count). The number of aromatic nitrogens is 2. The van der Waals surface area contributed by atoms with Gasteiger partial charge in [0.05, 0.1) is 5.69 Å². The zero-order valence-corrected chi connectivity index (χ0v) is 9.69. The molecule has 0 radical (unpaired) electrons. The van der Waals surface area contributed by atoms with Crippen LogP contribution in [0.5, 0.6) is 0 Å². The lowest BCUT2D eigenvalue weighted by molar-refractivity contribution is 0.101. The fourth-order valence-corrected chi connectivity index (χ4v) is 1.77. The van der Waals surface area contributed by atoms with Crippen LogP contribution in [0.3, 0.4) is 0 Å². The highest BCUT2D eigenvalue weighted by atomic mass is 16.1. The van der Waals surface area contributed by atoms with Crippen LogP contribution in [-0.2, 0) is 7.05 Å². The lowest BCUT2D eigenvalue weighted by Gasteiger charge is -2.00. The second-order valence-electron chi connectivity index (χ2n) is 3.94. The Morgan fingerprint density at radius 3 is 2.31 bits per heavy atom. The van der Waals surface area contributed by atoms with Gasteiger partial charge in [0.15, 0.2) is 5.78 Å². The van der Waals surface area contributed by atoms with Gasteiger partial charge in [-0.25, -0.2) is 0 Å². The molecule has 0 aliphatic carbocycles. The summed E-state index contributed by atoms with van der Waals surface area (Å²) in [5.74, 6) is 0.0921. The van der Waals surface area contributed by atoms with Crippen LogP contribution < -0.4 is 0 Å². The Morgan fingerprint density at radius 1 is 1.25 bits per heavy atom. The number of nitrogens with zero attached hydrogens (tertiary/aromatic N) is 2. The molecular formula is C13H14N2O. The van der Waals surface area contributed by atoms with Gasteiger partial charge < -0.3 is 0 Å². The molecule has 0 N–H and O–H groups in total. The van der Waals surface area contributed by atoms with Crippen LogP contribution in [0, 0.1) is 6.92 Å². The maximum atomic E-state index is 11.1. The highest BCUT2D eigenvalue weighted by molar-refractivity contribution is 5.94. The number of carbonyl (C=O) groups excluding carboxylic acids is 1. The van der Waals surface area contributed by atoms with E-state index in [1.807, 2.05) is 44.4 Å². The predicted molar refractivity (Wildman–Crippen MR) is 63.4 cm³/mol. The summed E-state index contributed by atoms with van der Waals surface area (Å²) in [5.41, 5.74) is 3.94. The zero-order valence-electron chi connectivity index (χ0n) is 9.69. The average molecular weight is 214 g/mol. The number of Topliss-reactive ketones (excluding diaryl/α,β-unsaturated/α-hetero) is 1. The topological polar surface area (TPSA) is 34.9 Å². The summed E-state index contributed by atoms with van der Waals surface area (Å²) in [7, 11) is 1.90. The van der Waals surface area contributed by atoms with Gasteiger partial charge in [-0.2, -0.15) is 5.10 Å². The largest absolute Gasteiger partial charge is 0.295 e. The molecule has 1 aromatic carbocycles. The Bertz CT molecular complexity index is 523. The van der Waals surface area contributed by atoms with Gasteiger partial charge in [-0.15, -0.1) is 0 Å². The van der Waals surface area contributed by atoms with E-state index < -0.39 is 0 Å². The van der Waals surface area contributed by atoms with Crippen LogP contribution in [-0.4, -0.2) is 15.6 Å². The van der Waals surface area contributed by atoms with Gasteiger partial charge in [0.2, 0.25) is 0 Å². The Kier molecular flexibility index (Phi) is 2.60. The molecule has 0 aliphatic rings. The molecule has 0 fully saturated rings. The summed E-state index contributed by atoms with van der Waals surface area (Å²) in [6.45, 7) is 3.55. The minimum absolute atomic E-state index is 0.0921. The lowest BCUT2D eigenvalue weighted by Crippen LogP contribution is -1.90. The number of ketones is 1. The molecule has 1 aromatic heterocycles. The van der Waals surface area contributed by atoms with Crippen LogP contribution >= 0.6 is 0 Å². The van der Waals surface area contributed by atoms with Gasteiger partial charge in [0.25, 0.3) is 0 Å². The summed E-state index contributed by atoms with van der Waals surface area (Å²) in [6, 6.07) is 7.62. The summed E-state index contributed by atoms with van der Waals surface area (Å²) in [6.07, 6.45) is 1.98. The maximum absolute atomic E-state index is 11.1. The van der Waals surface area contributed by atoms with Crippen molar-refractivity contribution < 1.29 is 4.79 Å². The first-order chi connectivity index (χ1) is 7.58. The van der Waals surface area contributed by atoms with E-state index in [4.69, 9.17) is 0 Å². The average Bonchev–Trinajstić information content (AvgIpc) is 2.58. The molecule has 16 heavy (non-hydrogen) atoms. The molecule has 3 nitrogen and oxygen atoms in total. The normalized spacial score (nSPS) is 10.4. The van der Waals surface area contributed by atoms with Gasteiger partial charge in [-0.05, 0) is 19.4 Å². The fraction of sp³-hybridized carbons (Fsp3) is 0.231. The van der Waals surface area contributed by atoms with Gasteiger partial charge in [0.1, 0.15) is 0 Å². The molecule has 0 saturated carbocycles. The van der Waals surface area contributed by atoms with Gasteiger partial charge >= 0.3 is 0 Å². The third-order valence-corrected chi connectivity index (χ3v) is 2.62. The Hall–Kier alpha value is -1.90. The van der Waals surface area contributed by atoms with Gasteiger partial charge in [-0.1, -0.05) is 24.3 Å². The first-order valence-corrected chi connectivity index (χ1v) is 5.19. The number of aryl methyl sites for hydroxylation is 2. The van der Waals surface area contributed by atoms with Crippen molar-refractivity contribution in [3.63, 3.8) is 0 Å². The smallest absolute Gasteiger partial charge is 0.159 e. The summed E-state index contributed by atoms with van der Waals surface area (Å²) >= 11 is 0. The van der Waals surface area contributed by atoms with Gasteiger partial charge in [-0.3, -0.25) is 9.48 Å². The van der Waals surface area contributed by atoms with Crippen molar-refractivity contribution in [1.29, 1.82) is 0 Å². The SMILES string of the molecule is CC(=O)c1ccc(-c2cn(C)nc2C)cc1. The van der Waals surface area contributed by atoms with E-state index in [9.17, 15) is 4.79 Å². The molecule has 0 bridgehead atoms. The summed E-state index contributed by atoms with van der Waals surface area (Å²) in [4.78, 5) is 11.1. The highest BCUT2D eigenvalue weighted by Gasteiger charge is 2.06. The second-order valence-corrected chi connectivity index (χ2v) is 3.94. The number of carbonyl (C=O) groups is 1. The number of rotatable bonds is 2. The maximum Gasteiger partial charge on any atom is 0.159 e. The Labute approximate surface area is 94.7 Å². The molecule has 0 unspecified atom stereocenters. The van der Waals surface area contributed by atoms with Gasteiger partial charge in [0, 0.05) is 24.4 Å². The van der Waals surface area contributed by atoms with Crippen molar-refractivity contribution in [3.05, 3.63) is 41.7 Å². The standard InChI is InChI=1S/C13H14N2O/c1-9-13(8-15(3)14-9)12-6-4-11(5-7-12)10(2)16/h4-8H,1-3H3. The Balaban J connectivity index is 2.42. The van der Waals surface area contributed by atoms with E-state index in [0.29, 0.717) is 0 Å². The molecule has 0 amide bonds. The van der Waals surface area contributed by atoms with Crippen LogP contribution in [0.15, 0.2) is 30.5 Å². The third-order valence-electron chi connectivity index (χ3n) is 2.62. The number of hydrogen-bond donors (Lipinski definition) is 0. The molecule has 0 atom stereocenters. The minimum atomic E-state index is 0.0921. The van der Waals surface area contributed by atoms with E-state index in [0.717, 1.165) is 22.4 Å². The summed E-state index contributed by atoms with van der Waals surface area (Å²) < 4.78 is 1.80. The summed E-state index contributed by atoms with van der Waals surface area (Å²) in [5, 5.41) is 4.29. The van der Waals surface area contributed by atoms with Crippen LogP contribution in [0.25, 0.3) is 11.1 Å². The number of benzene rings is 1. The quantitative estimate of drug-likeness (QED) is 0.720. The molecule has 0 saturated heterocycles. The van der Waals surface area contributed by atoms with Crippen molar-refractivity contribution in [1.82, 2.24) is 9.78 Å². The van der Waals surface area contributed by atoms with E-state index >= 15 is 0 Å². The third kappa shape index (κ3) is 1.89.